The summed E-state index contributed by atoms with van der Waals surface area (Å²) in [6, 6.07) is 16.9. The van der Waals surface area contributed by atoms with Crippen LogP contribution in [-0.2, 0) is 9.59 Å². The molecule has 1 aliphatic heterocycles. The van der Waals surface area contributed by atoms with E-state index in [1.807, 2.05) is 59.5 Å². The summed E-state index contributed by atoms with van der Waals surface area (Å²) < 4.78 is 5.79. The lowest BCUT2D eigenvalue weighted by atomic mass is 10.1. The number of para-hydroxylation sites is 1. The number of benzene rings is 2. The van der Waals surface area contributed by atoms with Gasteiger partial charge in [-0.3, -0.25) is 9.59 Å². The zero-order chi connectivity index (χ0) is 19.1. The Balaban J connectivity index is 1.60. The fourth-order valence-corrected chi connectivity index (χ4v) is 3.30. The van der Waals surface area contributed by atoms with Crippen molar-refractivity contribution in [2.75, 3.05) is 24.5 Å². The molecule has 0 bridgehead atoms. The number of anilines is 1. The number of carbonyl (C=O) groups excluding carboxylic acids is 2. The van der Waals surface area contributed by atoms with Crippen molar-refractivity contribution in [3.05, 3.63) is 54.6 Å². The van der Waals surface area contributed by atoms with Gasteiger partial charge in [0, 0.05) is 38.7 Å². The molecule has 0 radical (unpaired) electrons. The largest absolute Gasteiger partial charge is 0.457 e. The Hall–Kier alpha value is -2.82. The van der Waals surface area contributed by atoms with Gasteiger partial charge in [-0.15, -0.1) is 0 Å². The van der Waals surface area contributed by atoms with Crippen molar-refractivity contribution in [3.8, 4) is 11.5 Å². The number of hydrogen-bond donors (Lipinski definition) is 0. The van der Waals surface area contributed by atoms with Crippen molar-refractivity contribution < 1.29 is 14.3 Å². The first-order valence-electron chi connectivity index (χ1n) is 9.52. The highest BCUT2D eigenvalue weighted by molar-refractivity contribution is 5.92. The highest BCUT2D eigenvalue weighted by atomic mass is 16.5. The molecule has 1 heterocycles. The number of amides is 2. The Morgan fingerprint density at radius 3 is 2.19 bits per heavy atom. The molecule has 5 nitrogen and oxygen atoms in total. The minimum Gasteiger partial charge on any atom is -0.457 e. The molecule has 0 saturated carbocycles. The van der Waals surface area contributed by atoms with Crippen LogP contribution in [0.5, 0.6) is 11.5 Å². The standard InChI is InChI=1S/C22H26N2O3/c1-18(25)24(17-14-22(26)23-15-6-3-7-16-23)19-10-12-21(13-11-19)27-20-8-4-2-5-9-20/h2,4-5,8-13H,3,6-7,14-17H2,1H3. The van der Waals surface area contributed by atoms with Crippen LogP contribution in [0.15, 0.2) is 54.6 Å². The van der Waals surface area contributed by atoms with E-state index in [1.54, 1.807) is 4.90 Å². The second kappa shape index (κ2) is 9.21. The lowest BCUT2D eigenvalue weighted by molar-refractivity contribution is -0.131. The highest BCUT2D eigenvalue weighted by Gasteiger charge is 2.19. The molecule has 0 N–H and O–H groups in total. The van der Waals surface area contributed by atoms with E-state index in [0.717, 1.165) is 37.4 Å². The molecule has 0 spiro atoms. The molecule has 0 aromatic heterocycles. The topological polar surface area (TPSA) is 49.9 Å². The Morgan fingerprint density at radius 1 is 0.926 bits per heavy atom. The van der Waals surface area contributed by atoms with Gasteiger partial charge in [-0.25, -0.2) is 0 Å². The lowest BCUT2D eigenvalue weighted by Gasteiger charge is -2.28. The van der Waals surface area contributed by atoms with Crippen LogP contribution in [0.1, 0.15) is 32.6 Å². The van der Waals surface area contributed by atoms with Crippen LogP contribution in [0.25, 0.3) is 0 Å². The van der Waals surface area contributed by atoms with E-state index in [4.69, 9.17) is 4.74 Å². The fraction of sp³-hybridized carbons (Fsp3) is 0.364. The van der Waals surface area contributed by atoms with Crippen molar-refractivity contribution in [2.45, 2.75) is 32.6 Å². The van der Waals surface area contributed by atoms with Crippen molar-refractivity contribution >= 4 is 17.5 Å². The molecule has 142 valence electrons. The van der Waals surface area contributed by atoms with Crippen LogP contribution in [0.4, 0.5) is 5.69 Å². The van der Waals surface area contributed by atoms with Gasteiger partial charge in [-0.1, -0.05) is 18.2 Å². The van der Waals surface area contributed by atoms with E-state index in [1.165, 1.54) is 13.3 Å². The summed E-state index contributed by atoms with van der Waals surface area (Å²) in [5, 5.41) is 0. The van der Waals surface area contributed by atoms with Crippen molar-refractivity contribution in [1.82, 2.24) is 4.90 Å². The normalized spacial score (nSPS) is 13.9. The summed E-state index contributed by atoms with van der Waals surface area (Å²) in [4.78, 5) is 28.0. The van der Waals surface area contributed by atoms with E-state index in [9.17, 15) is 9.59 Å². The van der Waals surface area contributed by atoms with E-state index < -0.39 is 0 Å². The molecule has 1 saturated heterocycles. The number of piperidine rings is 1. The second-order valence-electron chi connectivity index (χ2n) is 6.77. The number of rotatable bonds is 6. The Kier molecular flexibility index (Phi) is 6.47. The first kappa shape index (κ1) is 19.0. The van der Waals surface area contributed by atoms with Gasteiger partial charge < -0.3 is 14.5 Å². The molecule has 2 aromatic carbocycles. The minimum atomic E-state index is -0.0711. The first-order valence-corrected chi connectivity index (χ1v) is 9.52. The number of ether oxygens (including phenoxy) is 1. The quantitative estimate of drug-likeness (QED) is 0.768. The molecule has 2 aromatic rings. The van der Waals surface area contributed by atoms with E-state index in [-0.39, 0.29) is 11.8 Å². The minimum absolute atomic E-state index is 0.0711. The monoisotopic (exact) mass is 366 g/mol. The summed E-state index contributed by atoms with van der Waals surface area (Å²) in [5.41, 5.74) is 0.773. The number of likely N-dealkylation sites (tertiary alicyclic amines) is 1. The van der Waals surface area contributed by atoms with E-state index in [0.29, 0.717) is 18.7 Å². The Morgan fingerprint density at radius 2 is 1.56 bits per heavy atom. The van der Waals surface area contributed by atoms with Gasteiger partial charge in [0.15, 0.2) is 0 Å². The van der Waals surface area contributed by atoms with Gasteiger partial charge in [0.25, 0.3) is 0 Å². The van der Waals surface area contributed by atoms with E-state index in [2.05, 4.69) is 0 Å². The predicted octanol–water partition coefficient (Wildman–Crippen LogP) is 4.23. The van der Waals surface area contributed by atoms with Gasteiger partial charge in [0.1, 0.15) is 11.5 Å². The molecule has 0 aliphatic carbocycles. The van der Waals surface area contributed by atoms with Crippen molar-refractivity contribution in [2.24, 2.45) is 0 Å². The second-order valence-corrected chi connectivity index (χ2v) is 6.77. The zero-order valence-electron chi connectivity index (χ0n) is 15.8. The third-order valence-corrected chi connectivity index (χ3v) is 4.77. The fourth-order valence-electron chi connectivity index (χ4n) is 3.30. The maximum Gasteiger partial charge on any atom is 0.224 e. The average Bonchev–Trinajstić information content (AvgIpc) is 2.70. The van der Waals surface area contributed by atoms with Crippen LogP contribution in [-0.4, -0.2) is 36.3 Å². The van der Waals surface area contributed by atoms with Crippen LogP contribution >= 0.6 is 0 Å². The summed E-state index contributed by atoms with van der Waals surface area (Å²) in [6.45, 7) is 3.60. The number of nitrogens with zero attached hydrogens (tertiary/aromatic N) is 2. The zero-order valence-corrected chi connectivity index (χ0v) is 15.8. The Bertz CT molecular complexity index is 753. The highest BCUT2D eigenvalue weighted by Crippen LogP contribution is 2.24. The molecule has 5 heteroatoms. The van der Waals surface area contributed by atoms with Gasteiger partial charge >= 0.3 is 0 Å². The van der Waals surface area contributed by atoms with Crippen molar-refractivity contribution in [1.29, 1.82) is 0 Å². The summed E-state index contributed by atoms with van der Waals surface area (Å²) >= 11 is 0. The van der Waals surface area contributed by atoms with Gasteiger partial charge in [0.05, 0.1) is 0 Å². The summed E-state index contributed by atoms with van der Waals surface area (Å²) in [7, 11) is 0. The van der Waals surface area contributed by atoms with Crippen molar-refractivity contribution in [3.63, 3.8) is 0 Å². The molecule has 1 fully saturated rings. The Labute approximate surface area is 160 Å². The van der Waals surface area contributed by atoms with E-state index >= 15 is 0 Å². The van der Waals surface area contributed by atoms with Crippen LogP contribution in [0, 0.1) is 0 Å². The molecular weight excluding hydrogens is 340 g/mol. The molecule has 3 rings (SSSR count). The molecule has 0 unspecified atom stereocenters. The third-order valence-electron chi connectivity index (χ3n) is 4.77. The van der Waals surface area contributed by atoms with Crippen LogP contribution in [0.2, 0.25) is 0 Å². The molecule has 0 atom stereocenters. The first-order chi connectivity index (χ1) is 13.1. The molecule has 27 heavy (non-hydrogen) atoms. The SMILES string of the molecule is CC(=O)N(CCC(=O)N1CCCCC1)c1ccc(Oc2ccccc2)cc1. The number of hydrogen-bond acceptors (Lipinski definition) is 3. The maximum atomic E-state index is 12.4. The average molecular weight is 366 g/mol. The van der Waals surface area contributed by atoms with Gasteiger partial charge in [-0.2, -0.15) is 0 Å². The predicted molar refractivity (Wildman–Crippen MR) is 106 cm³/mol. The lowest BCUT2D eigenvalue weighted by Crippen LogP contribution is -2.38. The summed E-state index contributed by atoms with van der Waals surface area (Å²) in [6.07, 6.45) is 3.69. The molecular formula is C22H26N2O3. The number of carbonyl (C=O) groups is 2. The third kappa shape index (κ3) is 5.33. The molecule has 2 amide bonds. The smallest absolute Gasteiger partial charge is 0.224 e. The van der Waals surface area contributed by atoms with Gasteiger partial charge in [-0.05, 0) is 55.7 Å². The van der Waals surface area contributed by atoms with Crippen LogP contribution in [0.3, 0.4) is 0 Å². The van der Waals surface area contributed by atoms with Crippen LogP contribution < -0.4 is 9.64 Å². The maximum absolute atomic E-state index is 12.4. The summed E-state index contributed by atoms with van der Waals surface area (Å²) in [5.74, 6) is 1.53. The van der Waals surface area contributed by atoms with Gasteiger partial charge in [0.2, 0.25) is 11.8 Å². The molecule has 1 aliphatic rings.